The molecule has 178 valence electrons. The Hall–Kier alpha value is -3.14. The number of carbonyl (C=O) groups is 1. The van der Waals surface area contributed by atoms with Crippen LogP contribution in [0.3, 0.4) is 0 Å². The quantitative estimate of drug-likeness (QED) is 0.449. The summed E-state index contributed by atoms with van der Waals surface area (Å²) in [6.07, 6.45) is -0.810. The number of pyridine rings is 1. The minimum absolute atomic E-state index is 0.182. The summed E-state index contributed by atoms with van der Waals surface area (Å²) in [4.78, 5) is 17.2. The van der Waals surface area contributed by atoms with Crippen molar-refractivity contribution in [3.8, 4) is 5.75 Å². The molecule has 3 rings (SSSR count). The second-order valence-corrected chi connectivity index (χ2v) is 7.67. The van der Waals surface area contributed by atoms with E-state index in [0.29, 0.717) is 18.2 Å². The minimum atomic E-state index is -4.81. The van der Waals surface area contributed by atoms with Crippen molar-refractivity contribution in [2.75, 3.05) is 6.61 Å². The second-order valence-electron chi connectivity index (χ2n) is 7.67. The van der Waals surface area contributed by atoms with Crippen LogP contribution in [-0.4, -0.2) is 33.0 Å². The number of hydrogen-bond donors (Lipinski definition) is 2. The molecule has 1 unspecified atom stereocenters. The Morgan fingerprint density at radius 1 is 1.27 bits per heavy atom. The van der Waals surface area contributed by atoms with Crippen LogP contribution in [0.5, 0.6) is 5.75 Å². The van der Waals surface area contributed by atoms with E-state index in [1.165, 1.54) is 16.5 Å². The number of alkyl halides is 3. The third-order valence-electron chi connectivity index (χ3n) is 5.23. The van der Waals surface area contributed by atoms with E-state index in [1.807, 2.05) is 6.92 Å². The van der Waals surface area contributed by atoms with E-state index >= 15 is 0 Å². The zero-order chi connectivity index (χ0) is 24.2. The summed E-state index contributed by atoms with van der Waals surface area (Å²) in [5, 5.41) is 12.3. The van der Waals surface area contributed by atoms with Gasteiger partial charge in [-0.05, 0) is 31.5 Å². The number of fused-ring (bicyclic) bond motifs is 1. The molecule has 2 aromatic heterocycles. The summed E-state index contributed by atoms with van der Waals surface area (Å²) in [6.45, 7) is 3.00. The average Bonchev–Trinajstić information content (AvgIpc) is 3.11. The lowest BCUT2D eigenvalue weighted by atomic mass is 10.1. The number of aliphatic hydroxyl groups excluding tert-OH is 1. The Kier molecular flexibility index (Phi) is 7.57. The van der Waals surface area contributed by atoms with Gasteiger partial charge in [-0.2, -0.15) is 13.2 Å². The zero-order valence-corrected chi connectivity index (χ0v) is 18.2. The fraction of sp³-hybridized carbons (Fsp3) is 0.391. The fourth-order valence-corrected chi connectivity index (χ4v) is 3.52. The predicted molar refractivity (Wildman–Crippen MR) is 114 cm³/mol. The van der Waals surface area contributed by atoms with E-state index in [9.17, 15) is 27.5 Å². The molecular formula is C23H25F4N3O3. The van der Waals surface area contributed by atoms with E-state index < -0.39 is 36.1 Å². The summed E-state index contributed by atoms with van der Waals surface area (Å²) in [5.74, 6) is -1.63. The molecule has 1 amide bonds. The lowest BCUT2D eigenvalue weighted by Crippen LogP contribution is -2.38. The van der Waals surface area contributed by atoms with Gasteiger partial charge < -0.3 is 15.2 Å². The number of rotatable bonds is 9. The molecule has 0 aliphatic rings. The van der Waals surface area contributed by atoms with Gasteiger partial charge >= 0.3 is 6.18 Å². The maximum Gasteiger partial charge on any atom is 0.419 e. The smallest absolute Gasteiger partial charge is 0.419 e. The number of unbranched alkanes of at least 4 members (excludes halogenated alkanes) is 1. The summed E-state index contributed by atoms with van der Waals surface area (Å²) in [6, 6.07) is 5.72. The molecule has 1 aromatic carbocycles. The largest absolute Gasteiger partial charge is 0.485 e. The van der Waals surface area contributed by atoms with Crippen LogP contribution in [0, 0.1) is 12.7 Å². The topological polar surface area (TPSA) is 75.9 Å². The molecule has 6 nitrogen and oxygen atoms in total. The first-order valence-electron chi connectivity index (χ1n) is 10.5. The first-order valence-corrected chi connectivity index (χ1v) is 10.5. The molecule has 10 heteroatoms. The Labute approximate surface area is 188 Å². The molecule has 0 saturated carbocycles. The molecule has 0 spiro atoms. The Morgan fingerprint density at radius 3 is 2.70 bits per heavy atom. The number of hydrogen-bond acceptors (Lipinski definition) is 4. The third-order valence-corrected chi connectivity index (χ3v) is 5.23. The molecule has 0 bridgehead atoms. The Bertz CT molecular complexity index is 1130. The van der Waals surface area contributed by atoms with E-state index in [4.69, 9.17) is 4.74 Å². The van der Waals surface area contributed by atoms with Crippen LogP contribution in [0.1, 0.15) is 53.5 Å². The number of nitrogens with zero attached hydrogens (tertiary/aromatic N) is 2. The fourth-order valence-electron chi connectivity index (χ4n) is 3.52. The second kappa shape index (κ2) is 10.2. The number of aromatic nitrogens is 2. The van der Waals surface area contributed by atoms with Crippen molar-refractivity contribution < 1.29 is 32.2 Å². The maximum atomic E-state index is 14.3. The van der Waals surface area contributed by atoms with Gasteiger partial charge in [0.1, 0.15) is 18.1 Å². The summed E-state index contributed by atoms with van der Waals surface area (Å²) < 4.78 is 60.3. The first kappa shape index (κ1) is 24.5. The number of nitrogens with one attached hydrogen (secondary N) is 1. The number of amides is 1. The summed E-state index contributed by atoms with van der Waals surface area (Å²) in [5.41, 5.74) is -0.702. The number of imidazole rings is 1. The SMILES string of the molecule is CCCCC(CO)NC(=O)c1c(C)nc2c(OCc3cccc(C(F)(F)F)c3F)cccn12. The normalized spacial score (nSPS) is 12.7. The highest BCUT2D eigenvalue weighted by Crippen LogP contribution is 2.33. The van der Waals surface area contributed by atoms with Crippen LogP contribution in [-0.2, 0) is 12.8 Å². The number of halogens is 4. The van der Waals surface area contributed by atoms with Crippen LogP contribution in [0.4, 0.5) is 17.6 Å². The number of aliphatic hydroxyl groups is 1. The summed E-state index contributed by atoms with van der Waals surface area (Å²) >= 11 is 0. The van der Waals surface area contributed by atoms with E-state index in [0.717, 1.165) is 18.9 Å². The van der Waals surface area contributed by atoms with Crippen LogP contribution >= 0.6 is 0 Å². The Balaban J connectivity index is 1.85. The van der Waals surface area contributed by atoms with Crippen LogP contribution < -0.4 is 10.1 Å². The molecule has 2 N–H and O–H groups in total. The molecule has 33 heavy (non-hydrogen) atoms. The van der Waals surface area contributed by atoms with Crippen molar-refractivity contribution in [3.63, 3.8) is 0 Å². The van der Waals surface area contributed by atoms with Crippen LogP contribution in [0.15, 0.2) is 36.5 Å². The van der Waals surface area contributed by atoms with Gasteiger partial charge in [0.2, 0.25) is 0 Å². The summed E-state index contributed by atoms with van der Waals surface area (Å²) in [7, 11) is 0. The molecule has 0 radical (unpaired) electrons. The standard InChI is InChI=1S/C23H25F4N3O3/c1-3-4-8-16(12-31)29-22(32)20-14(2)28-21-18(10-6-11-30(20)21)33-13-15-7-5-9-17(19(15)24)23(25,26)27/h5-7,9-11,16,31H,3-4,8,12-13H2,1-2H3,(H,29,32). The number of carbonyl (C=O) groups excluding carboxylic acids is 1. The van der Waals surface area contributed by atoms with Crippen LogP contribution in [0.25, 0.3) is 5.65 Å². The van der Waals surface area contributed by atoms with Crippen molar-refractivity contribution in [2.45, 2.75) is 51.9 Å². The van der Waals surface area contributed by atoms with Crippen molar-refractivity contribution in [1.29, 1.82) is 0 Å². The van der Waals surface area contributed by atoms with Gasteiger partial charge in [-0.3, -0.25) is 9.20 Å². The number of benzene rings is 1. The van der Waals surface area contributed by atoms with Gasteiger partial charge in [0, 0.05) is 11.8 Å². The first-order chi connectivity index (χ1) is 15.7. The number of aryl methyl sites for hydroxylation is 1. The molecule has 0 saturated heterocycles. The minimum Gasteiger partial charge on any atom is -0.485 e. The van der Waals surface area contributed by atoms with Gasteiger partial charge in [0.25, 0.3) is 5.91 Å². The van der Waals surface area contributed by atoms with Crippen molar-refractivity contribution in [3.05, 3.63) is 64.9 Å². The van der Waals surface area contributed by atoms with Gasteiger partial charge in [0.05, 0.1) is 23.9 Å². The van der Waals surface area contributed by atoms with Crippen molar-refractivity contribution >= 4 is 11.6 Å². The zero-order valence-electron chi connectivity index (χ0n) is 18.2. The monoisotopic (exact) mass is 467 g/mol. The van der Waals surface area contributed by atoms with Gasteiger partial charge in [0.15, 0.2) is 11.4 Å². The molecule has 3 aromatic rings. The Morgan fingerprint density at radius 2 is 2.03 bits per heavy atom. The predicted octanol–water partition coefficient (Wildman–Crippen LogP) is 4.66. The average molecular weight is 467 g/mol. The van der Waals surface area contributed by atoms with Gasteiger partial charge in [-0.1, -0.05) is 31.9 Å². The molecule has 0 aliphatic carbocycles. The lowest BCUT2D eigenvalue weighted by Gasteiger charge is -2.16. The highest BCUT2D eigenvalue weighted by molar-refractivity contribution is 5.95. The van der Waals surface area contributed by atoms with E-state index in [-0.39, 0.29) is 29.3 Å². The van der Waals surface area contributed by atoms with Crippen molar-refractivity contribution in [2.24, 2.45) is 0 Å². The van der Waals surface area contributed by atoms with Crippen molar-refractivity contribution in [1.82, 2.24) is 14.7 Å². The highest BCUT2D eigenvalue weighted by atomic mass is 19.4. The number of ether oxygens (including phenoxy) is 1. The lowest BCUT2D eigenvalue weighted by molar-refractivity contribution is -0.140. The van der Waals surface area contributed by atoms with Gasteiger partial charge in [-0.15, -0.1) is 0 Å². The highest BCUT2D eigenvalue weighted by Gasteiger charge is 2.34. The van der Waals surface area contributed by atoms with Crippen LogP contribution in [0.2, 0.25) is 0 Å². The molecular weight excluding hydrogens is 442 g/mol. The molecule has 0 aliphatic heterocycles. The molecule has 2 heterocycles. The maximum absolute atomic E-state index is 14.3. The third kappa shape index (κ3) is 5.44. The van der Waals surface area contributed by atoms with E-state index in [2.05, 4.69) is 10.3 Å². The van der Waals surface area contributed by atoms with Gasteiger partial charge in [-0.25, -0.2) is 9.37 Å². The molecule has 0 fully saturated rings. The van der Waals surface area contributed by atoms with E-state index in [1.54, 1.807) is 19.2 Å². The molecule has 1 atom stereocenters.